The van der Waals surface area contributed by atoms with E-state index in [1.54, 1.807) is 24.0 Å². The highest BCUT2D eigenvalue weighted by Crippen LogP contribution is 2.19. The molecule has 0 saturated carbocycles. The van der Waals surface area contributed by atoms with E-state index < -0.39 is 16.1 Å². The molecule has 1 amide bonds. The third kappa shape index (κ3) is 4.21. The van der Waals surface area contributed by atoms with E-state index in [-0.39, 0.29) is 10.8 Å². The molecule has 1 saturated heterocycles. The van der Waals surface area contributed by atoms with Gasteiger partial charge >= 0.3 is 0 Å². The summed E-state index contributed by atoms with van der Waals surface area (Å²) in [5.74, 6) is 0.357. The third-order valence-electron chi connectivity index (χ3n) is 3.59. The fourth-order valence-corrected chi connectivity index (χ4v) is 3.10. The molecule has 1 fully saturated rings. The zero-order chi connectivity index (χ0) is 17.0. The first kappa shape index (κ1) is 17.7. The van der Waals surface area contributed by atoms with Crippen molar-refractivity contribution in [1.82, 2.24) is 9.21 Å². The summed E-state index contributed by atoms with van der Waals surface area (Å²) in [6, 6.07) is 6.05. The number of morpholine rings is 1. The Morgan fingerprint density at radius 2 is 1.78 bits per heavy atom. The first-order chi connectivity index (χ1) is 10.8. The van der Waals surface area contributed by atoms with Crippen molar-refractivity contribution < 1.29 is 22.7 Å². The first-order valence-electron chi connectivity index (χ1n) is 7.38. The van der Waals surface area contributed by atoms with Crippen LogP contribution in [-0.4, -0.2) is 70.0 Å². The molecule has 1 aliphatic rings. The van der Waals surface area contributed by atoms with Crippen molar-refractivity contribution in [2.75, 3.05) is 40.4 Å². The maximum Gasteiger partial charge on any atom is 0.263 e. The van der Waals surface area contributed by atoms with Gasteiger partial charge in [0.1, 0.15) is 5.75 Å². The van der Waals surface area contributed by atoms with Crippen LogP contribution in [0.15, 0.2) is 29.2 Å². The Morgan fingerprint density at radius 1 is 1.22 bits per heavy atom. The number of sulfonamides is 1. The molecule has 1 aromatic carbocycles. The molecule has 1 heterocycles. The molecule has 0 bridgehead atoms. The van der Waals surface area contributed by atoms with E-state index in [0.717, 1.165) is 4.31 Å². The second-order valence-electron chi connectivity index (χ2n) is 5.46. The Kier molecular flexibility index (Phi) is 5.61. The minimum absolute atomic E-state index is 0.0988. The normalized spacial score (nSPS) is 17.1. The highest BCUT2D eigenvalue weighted by molar-refractivity contribution is 7.89. The molecule has 23 heavy (non-hydrogen) atoms. The fourth-order valence-electron chi connectivity index (χ4n) is 2.20. The summed E-state index contributed by atoms with van der Waals surface area (Å²) in [5, 5.41) is 0. The molecule has 7 nitrogen and oxygen atoms in total. The largest absolute Gasteiger partial charge is 0.481 e. The van der Waals surface area contributed by atoms with E-state index in [9.17, 15) is 13.2 Å². The number of amides is 1. The lowest BCUT2D eigenvalue weighted by molar-refractivity contribution is -0.142. The van der Waals surface area contributed by atoms with Crippen LogP contribution in [0.1, 0.15) is 6.92 Å². The molecular formula is C15H22N2O5S. The number of hydrogen-bond donors (Lipinski definition) is 0. The lowest BCUT2D eigenvalue weighted by Crippen LogP contribution is -2.46. The molecule has 8 heteroatoms. The Morgan fingerprint density at radius 3 is 2.30 bits per heavy atom. The lowest BCUT2D eigenvalue weighted by atomic mass is 10.3. The number of carbonyl (C=O) groups excluding carboxylic acids is 1. The van der Waals surface area contributed by atoms with Gasteiger partial charge in [0, 0.05) is 27.2 Å². The van der Waals surface area contributed by atoms with E-state index in [1.165, 1.54) is 26.2 Å². The summed E-state index contributed by atoms with van der Waals surface area (Å²) < 4.78 is 36.0. The van der Waals surface area contributed by atoms with Crippen molar-refractivity contribution in [3.8, 4) is 5.75 Å². The number of ether oxygens (including phenoxy) is 2. The van der Waals surface area contributed by atoms with Gasteiger partial charge in [-0.2, -0.15) is 0 Å². The average molecular weight is 342 g/mol. The number of carbonyl (C=O) groups is 1. The molecule has 0 N–H and O–H groups in total. The van der Waals surface area contributed by atoms with E-state index in [2.05, 4.69) is 0 Å². The van der Waals surface area contributed by atoms with Crippen LogP contribution in [0.3, 0.4) is 0 Å². The highest BCUT2D eigenvalue weighted by atomic mass is 32.2. The van der Waals surface area contributed by atoms with Gasteiger partial charge in [-0.1, -0.05) is 0 Å². The Balaban J connectivity index is 2.01. The Hall–Kier alpha value is -1.64. The van der Waals surface area contributed by atoms with Crippen LogP contribution in [0.2, 0.25) is 0 Å². The van der Waals surface area contributed by atoms with Gasteiger partial charge in [0.2, 0.25) is 10.0 Å². The predicted molar refractivity (Wildman–Crippen MR) is 84.8 cm³/mol. The van der Waals surface area contributed by atoms with Crippen LogP contribution in [0, 0.1) is 0 Å². The van der Waals surface area contributed by atoms with Crippen molar-refractivity contribution in [2.24, 2.45) is 0 Å². The second-order valence-corrected chi connectivity index (χ2v) is 7.61. The van der Waals surface area contributed by atoms with Crippen LogP contribution in [-0.2, 0) is 19.6 Å². The molecule has 1 aliphatic heterocycles. The monoisotopic (exact) mass is 342 g/mol. The van der Waals surface area contributed by atoms with Crippen molar-refractivity contribution in [2.45, 2.75) is 17.9 Å². The molecule has 1 atom stereocenters. The molecule has 0 aliphatic carbocycles. The Bertz CT molecular complexity index is 636. The molecule has 128 valence electrons. The predicted octanol–water partition coefficient (Wildman–Crippen LogP) is 0.563. The van der Waals surface area contributed by atoms with Crippen LogP contribution < -0.4 is 4.74 Å². The smallest absolute Gasteiger partial charge is 0.263 e. The topological polar surface area (TPSA) is 76.2 Å². The van der Waals surface area contributed by atoms with Crippen LogP contribution in [0.4, 0.5) is 0 Å². The quantitative estimate of drug-likeness (QED) is 0.782. The average Bonchev–Trinajstić information content (AvgIpc) is 2.55. The van der Waals surface area contributed by atoms with Gasteiger partial charge in [0.05, 0.1) is 18.1 Å². The van der Waals surface area contributed by atoms with Gasteiger partial charge in [-0.15, -0.1) is 0 Å². The van der Waals surface area contributed by atoms with E-state index in [4.69, 9.17) is 9.47 Å². The molecule has 1 aromatic rings. The van der Waals surface area contributed by atoms with Crippen LogP contribution in [0.5, 0.6) is 5.75 Å². The summed E-state index contributed by atoms with van der Waals surface area (Å²) in [7, 11) is -0.517. The second kappa shape index (κ2) is 7.29. The summed E-state index contributed by atoms with van der Waals surface area (Å²) >= 11 is 0. The summed E-state index contributed by atoms with van der Waals surface area (Å²) in [5.41, 5.74) is 0. The van der Waals surface area contributed by atoms with Gasteiger partial charge in [0.25, 0.3) is 5.91 Å². The summed E-state index contributed by atoms with van der Waals surface area (Å²) in [6.07, 6.45) is -0.635. The van der Waals surface area contributed by atoms with Gasteiger partial charge in [-0.25, -0.2) is 12.7 Å². The van der Waals surface area contributed by atoms with E-state index in [1.807, 2.05) is 0 Å². The minimum Gasteiger partial charge on any atom is -0.481 e. The third-order valence-corrected chi connectivity index (χ3v) is 5.42. The zero-order valence-corrected chi connectivity index (χ0v) is 14.4. The lowest BCUT2D eigenvalue weighted by Gasteiger charge is -2.29. The SMILES string of the molecule is CC(Oc1ccc(S(=O)(=O)N(C)C)cc1)C(=O)N1CCOCC1. The number of rotatable bonds is 5. The first-order valence-corrected chi connectivity index (χ1v) is 8.82. The van der Waals surface area contributed by atoms with Gasteiger partial charge in [-0.05, 0) is 31.2 Å². The van der Waals surface area contributed by atoms with Crippen LogP contribution >= 0.6 is 0 Å². The molecule has 0 aromatic heterocycles. The zero-order valence-electron chi connectivity index (χ0n) is 13.6. The Labute approximate surface area is 136 Å². The fraction of sp³-hybridized carbons (Fsp3) is 0.533. The molecule has 0 spiro atoms. The van der Waals surface area contributed by atoms with Crippen molar-refractivity contribution >= 4 is 15.9 Å². The molecule has 0 radical (unpaired) electrons. The number of benzene rings is 1. The maximum absolute atomic E-state index is 12.3. The minimum atomic E-state index is -3.47. The van der Waals surface area contributed by atoms with Crippen LogP contribution in [0.25, 0.3) is 0 Å². The molecular weight excluding hydrogens is 320 g/mol. The summed E-state index contributed by atoms with van der Waals surface area (Å²) in [4.78, 5) is 14.2. The number of nitrogens with zero attached hydrogens (tertiary/aromatic N) is 2. The van der Waals surface area contributed by atoms with Gasteiger partial charge in [0.15, 0.2) is 6.10 Å². The van der Waals surface area contributed by atoms with E-state index in [0.29, 0.717) is 32.1 Å². The van der Waals surface area contributed by atoms with Gasteiger partial charge in [-0.3, -0.25) is 4.79 Å². The number of hydrogen-bond acceptors (Lipinski definition) is 5. The van der Waals surface area contributed by atoms with Crippen molar-refractivity contribution in [3.05, 3.63) is 24.3 Å². The standard InChI is InChI=1S/C15H22N2O5S/c1-12(15(18)17-8-10-21-11-9-17)22-13-4-6-14(7-5-13)23(19,20)16(2)3/h4-7,12H,8-11H2,1-3H3. The van der Waals surface area contributed by atoms with E-state index >= 15 is 0 Å². The molecule has 1 unspecified atom stereocenters. The van der Waals surface area contributed by atoms with Crippen molar-refractivity contribution in [1.29, 1.82) is 0 Å². The highest BCUT2D eigenvalue weighted by Gasteiger charge is 2.24. The summed E-state index contributed by atoms with van der Waals surface area (Å²) in [6.45, 7) is 3.88. The molecule has 2 rings (SSSR count). The van der Waals surface area contributed by atoms with Gasteiger partial charge < -0.3 is 14.4 Å². The maximum atomic E-state index is 12.3. The van der Waals surface area contributed by atoms with Crippen molar-refractivity contribution in [3.63, 3.8) is 0 Å².